The van der Waals surface area contributed by atoms with Crippen molar-refractivity contribution < 1.29 is 28.6 Å². The fourth-order valence-corrected chi connectivity index (χ4v) is 2.81. The van der Waals surface area contributed by atoms with Crippen molar-refractivity contribution in [2.45, 2.75) is 26.4 Å². The fraction of sp³-hybridized carbons (Fsp3) is 0.238. The van der Waals surface area contributed by atoms with Crippen molar-refractivity contribution in [1.29, 1.82) is 0 Å². The Morgan fingerprint density at radius 3 is 2.30 bits per heavy atom. The average molecular weight is 368 g/mol. The largest absolute Gasteiger partial charge is 0.504 e. The Morgan fingerprint density at radius 2 is 1.63 bits per heavy atom. The molecule has 0 amide bonds. The van der Waals surface area contributed by atoms with Crippen LogP contribution in [-0.4, -0.2) is 29.8 Å². The summed E-state index contributed by atoms with van der Waals surface area (Å²) in [6.45, 7) is 5.14. The van der Waals surface area contributed by atoms with Crippen molar-refractivity contribution in [3.05, 3.63) is 54.0 Å². The number of carbonyl (C=O) groups is 2. The van der Waals surface area contributed by atoms with E-state index in [0.717, 1.165) is 17.9 Å². The van der Waals surface area contributed by atoms with Crippen LogP contribution in [0.3, 0.4) is 0 Å². The molecule has 0 spiro atoms. The molecule has 0 radical (unpaired) electrons. The first-order valence-corrected chi connectivity index (χ1v) is 8.38. The number of carbonyl (C=O) groups excluding carboxylic acids is 2. The summed E-state index contributed by atoms with van der Waals surface area (Å²) in [5, 5.41) is 12.4. The van der Waals surface area contributed by atoms with Gasteiger partial charge < -0.3 is 19.0 Å². The zero-order valence-corrected chi connectivity index (χ0v) is 15.5. The molecule has 1 N–H and O–H groups in total. The molecule has 3 rings (SSSR count). The second-order valence-corrected chi connectivity index (χ2v) is 7.00. The lowest BCUT2D eigenvalue weighted by Crippen LogP contribution is -2.24. The third kappa shape index (κ3) is 3.51. The molecule has 0 saturated heterocycles. The first-order chi connectivity index (χ1) is 12.7. The quantitative estimate of drug-likeness (QED) is 0.683. The predicted octanol–water partition coefficient (Wildman–Crippen LogP) is 4.55. The minimum atomic E-state index is -0.885. The molecule has 0 unspecified atom stereocenters. The van der Waals surface area contributed by atoms with Crippen molar-refractivity contribution in [1.82, 2.24) is 0 Å². The molecule has 6 nitrogen and oxygen atoms in total. The Morgan fingerprint density at radius 1 is 0.963 bits per heavy atom. The number of fused-ring (bicyclic) bond motifs is 1. The molecular weight excluding hydrogens is 348 g/mol. The van der Waals surface area contributed by atoms with Gasteiger partial charge in [-0.05, 0) is 37.1 Å². The van der Waals surface area contributed by atoms with Crippen LogP contribution >= 0.6 is 0 Å². The molecule has 0 fully saturated rings. The number of hydrogen-bond donors (Lipinski definition) is 1. The molecule has 0 bridgehead atoms. The van der Waals surface area contributed by atoms with E-state index in [1.165, 1.54) is 0 Å². The average Bonchev–Trinajstić information content (AvgIpc) is 2.96. The van der Waals surface area contributed by atoms with Gasteiger partial charge in [0.15, 0.2) is 5.75 Å². The van der Waals surface area contributed by atoms with Crippen LogP contribution < -0.4 is 0 Å². The summed E-state index contributed by atoms with van der Waals surface area (Å²) >= 11 is 0. The topological polar surface area (TPSA) is 86.0 Å². The first kappa shape index (κ1) is 18.5. The van der Waals surface area contributed by atoms with E-state index in [4.69, 9.17) is 9.15 Å². The Bertz CT molecular complexity index is 1020. The van der Waals surface area contributed by atoms with E-state index < -0.39 is 29.0 Å². The van der Waals surface area contributed by atoms with Gasteiger partial charge in [-0.15, -0.1) is 0 Å². The fourth-order valence-electron chi connectivity index (χ4n) is 2.81. The van der Waals surface area contributed by atoms with Crippen LogP contribution in [0.25, 0.3) is 21.9 Å². The Labute approximate surface area is 156 Å². The van der Waals surface area contributed by atoms with Crippen molar-refractivity contribution >= 4 is 22.7 Å². The number of methoxy groups -OCH3 is 1. The van der Waals surface area contributed by atoms with Gasteiger partial charge in [-0.25, -0.2) is 9.59 Å². The lowest BCUT2D eigenvalue weighted by molar-refractivity contribution is 0.00354. The van der Waals surface area contributed by atoms with Crippen molar-refractivity contribution in [2.24, 2.45) is 0 Å². The maximum absolute atomic E-state index is 12.7. The molecule has 6 heteroatoms. The minimum absolute atomic E-state index is 0.0986. The predicted molar refractivity (Wildman–Crippen MR) is 99.8 cm³/mol. The summed E-state index contributed by atoms with van der Waals surface area (Å²) in [7, 11) is 1.16. The number of aromatic hydroxyl groups is 1. The highest BCUT2D eigenvalue weighted by molar-refractivity contribution is 6.07. The monoisotopic (exact) mass is 368 g/mol. The maximum Gasteiger partial charge on any atom is 0.377 e. The third-order valence-electron chi connectivity index (χ3n) is 3.90. The Kier molecular flexibility index (Phi) is 4.66. The van der Waals surface area contributed by atoms with E-state index >= 15 is 0 Å². The first-order valence-electron chi connectivity index (χ1n) is 8.38. The molecule has 1 aromatic heterocycles. The lowest BCUT2D eigenvalue weighted by atomic mass is 9.97. The minimum Gasteiger partial charge on any atom is -0.504 e. The molecule has 0 aliphatic heterocycles. The van der Waals surface area contributed by atoms with Gasteiger partial charge >= 0.3 is 11.9 Å². The summed E-state index contributed by atoms with van der Waals surface area (Å²) in [6, 6.07) is 12.9. The molecule has 3 aromatic rings. The number of rotatable bonds is 3. The van der Waals surface area contributed by atoms with E-state index in [1.807, 2.05) is 30.3 Å². The lowest BCUT2D eigenvalue weighted by Gasteiger charge is -2.19. The summed E-state index contributed by atoms with van der Waals surface area (Å²) in [5.74, 6) is -2.82. The van der Waals surface area contributed by atoms with E-state index in [-0.39, 0.29) is 11.3 Å². The smallest absolute Gasteiger partial charge is 0.377 e. The zero-order chi connectivity index (χ0) is 19.8. The number of esters is 2. The SMILES string of the molecule is COC(=O)c1oc(C(=O)OC(C)(C)C)c(-c2cccc3ccccc23)c1O. The molecule has 140 valence electrons. The van der Waals surface area contributed by atoms with Gasteiger partial charge in [0.2, 0.25) is 5.76 Å². The molecule has 0 atom stereocenters. The van der Waals surface area contributed by atoms with Crippen molar-refractivity contribution in [3.63, 3.8) is 0 Å². The molecule has 27 heavy (non-hydrogen) atoms. The Balaban J connectivity index is 2.28. The van der Waals surface area contributed by atoms with E-state index in [2.05, 4.69) is 4.74 Å². The van der Waals surface area contributed by atoms with Crippen LogP contribution in [0.2, 0.25) is 0 Å². The van der Waals surface area contributed by atoms with E-state index in [1.54, 1.807) is 32.9 Å². The van der Waals surface area contributed by atoms with Crippen LogP contribution in [0.1, 0.15) is 41.9 Å². The van der Waals surface area contributed by atoms with Crippen LogP contribution in [0.15, 0.2) is 46.9 Å². The normalized spacial score (nSPS) is 11.4. The van der Waals surface area contributed by atoms with Crippen LogP contribution in [0.4, 0.5) is 0 Å². The van der Waals surface area contributed by atoms with Crippen molar-refractivity contribution in [3.8, 4) is 16.9 Å². The van der Waals surface area contributed by atoms with Gasteiger partial charge in [-0.3, -0.25) is 0 Å². The number of hydrogen-bond acceptors (Lipinski definition) is 6. The molecule has 0 aliphatic rings. The van der Waals surface area contributed by atoms with E-state index in [9.17, 15) is 14.7 Å². The summed E-state index contributed by atoms with van der Waals surface area (Å²) in [6.07, 6.45) is 0. The number of benzene rings is 2. The van der Waals surface area contributed by atoms with Gasteiger partial charge in [0, 0.05) is 0 Å². The molecular formula is C21H20O6. The highest BCUT2D eigenvalue weighted by atomic mass is 16.6. The summed E-state index contributed by atoms with van der Waals surface area (Å²) < 4.78 is 15.4. The summed E-state index contributed by atoms with van der Waals surface area (Å²) in [4.78, 5) is 24.7. The van der Waals surface area contributed by atoms with Gasteiger partial charge in [-0.1, -0.05) is 42.5 Å². The zero-order valence-electron chi connectivity index (χ0n) is 15.5. The standard InChI is InChI=1S/C21H20O6/c1-21(2,3)27-20(24)17-15(16(22)18(26-17)19(23)25-4)14-11-7-9-12-8-5-6-10-13(12)14/h5-11,22H,1-4H3. The van der Waals surface area contributed by atoms with Crippen LogP contribution in [0.5, 0.6) is 5.75 Å². The summed E-state index contributed by atoms with van der Waals surface area (Å²) in [5.41, 5.74) is -0.132. The van der Waals surface area contributed by atoms with Crippen molar-refractivity contribution in [2.75, 3.05) is 7.11 Å². The highest BCUT2D eigenvalue weighted by Crippen LogP contribution is 2.42. The van der Waals surface area contributed by atoms with E-state index in [0.29, 0.717) is 5.56 Å². The highest BCUT2D eigenvalue weighted by Gasteiger charge is 2.33. The molecule has 2 aromatic carbocycles. The number of ether oxygens (including phenoxy) is 2. The molecule has 1 heterocycles. The third-order valence-corrected chi connectivity index (χ3v) is 3.90. The number of furan rings is 1. The van der Waals surface area contributed by atoms with Crippen LogP contribution in [0, 0.1) is 0 Å². The molecule has 0 aliphatic carbocycles. The maximum atomic E-state index is 12.7. The van der Waals surface area contributed by atoms with Crippen LogP contribution in [-0.2, 0) is 9.47 Å². The van der Waals surface area contributed by atoms with Gasteiger partial charge in [0.1, 0.15) is 5.60 Å². The molecule has 0 saturated carbocycles. The van der Waals surface area contributed by atoms with Gasteiger partial charge in [-0.2, -0.15) is 0 Å². The Hall–Kier alpha value is -3.28. The second-order valence-electron chi connectivity index (χ2n) is 7.00. The van der Waals surface area contributed by atoms with Gasteiger partial charge in [0.25, 0.3) is 5.76 Å². The second kappa shape index (κ2) is 6.79. The van der Waals surface area contributed by atoms with Gasteiger partial charge in [0.05, 0.1) is 12.7 Å².